The van der Waals surface area contributed by atoms with Crippen LogP contribution in [0.25, 0.3) is 16.7 Å². The predicted octanol–water partition coefficient (Wildman–Crippen LogP) is 2.84. The fourth-order valence-electron chi connectivity index (χ4n) is 3.92. The average Bonchev–Trinajstić information content (AvgIpc) is 3.47. The van der Waals surface area contributed by atoms with Gasteiger partial charge in [0.05, 0.1) is 11.6 Å². The zero-order chi connectivity index (χ0) is 24.0. The fourth-order valence-corrected chi connectivity index (χ4v) is 3.92. The van der Waals surface area contributed by atoms with E-state index in [0.717, 1.165) is 40.3 Å². The van der Waals surface area contributed by atoms with Crippen LogP contribution in [-0.4, -0.2) is 43.1 Å². The van der Waals surface area contributed by atoms with Gasteiger partial charge in [-0.3, -0.25) is 14.2 Å². The summed E-state index contributed by atoms with van der Waals surface area (Å²) in [5.74, 6) is -0.659. The molecule has 1 aliphatic heterocycles. The Labute approximate surface area is 188 Å². The lowest BCUT2D eigenvalue weighted by Gasteiger charge is -2.12. The van der Waals surface area contributed by atoms with Crippen molar-refractivity contribution in [2.75, 3.05) is 23.3 Å². The first-order valence-corrected chi connectivity index (χ1v) is 10.4. The van der Waals surface area contributed by atoms with Gasteiger partial charge in [-0.25, -0.2) is 14.4 Å². The van der Waals surface area contributed by atoms with Crippen LogP contribution in [0.1, 0.15) is 18.5 Å². The van der Waals surface area contributed by atoms with E-state index in [0.29, 0.717) is 25.0 Å². The number of carbonyl (C=O) groups excluding carboxylic acids is 1. The minimum atomic E-state index is -4.71. The Balaban J connectivity index is 1.63. The summed E-state index contributed by atoms with van der Waals surface area (Å²) in [6.45, 7) is 0.956. The van der Waals surface area contributed by atoms with Gasteiger partial charge in [-0.15, -0.1) is 5.10 Å². The molecule has 1 amide bonds. The third kappa shape index (κ3) is 3.93. The van der Waals surface area contributed by atoms with Crippen LogP contribution in [-0.2, 0) is 17.5 Å². The molecular formula is C21H17F4N7O2. The zero-order valence-corrected chi connectivity index (χ0v) is 17.5. The molecule has 5 heterocycles. The minimum absolute atomic E-state index is 0.0824. The van der Waals surface area contributed by atoms with Crippen LogP contribution in [0.2, 0.25) is 0 Å². The third-order valence-corrected chi connectivity index (χ3v) is 5.52. The van der Waals surface area contributed by atoms with Gasteiger partial charge in [-0.2, -0.15) is 17.7 Å². The van der Waals surface area contributed by atoms with E-state index >= 15 is 0 Å². The second-order valence-electron chi connectivity index (χ2n) is 7.83. The molecule has 9 nitrogen and oxygen atoms in total. The molecule has 34 heavy (non-hydrogen) atoms. The van der Waals surface area contributed by atoms with E-state index in [-0.39, 0.29) is 22.5 Å². The summed E-state index contributed by atoms with van der Waals surface area (Å²) in [7, 11) is 0. The van der Waals surface area contributed by atoms with E-state index in [4.69, 9.17) is 0 Å². The topological polar surface area (TPSA) is 97.4 Å². The lowest BCUT2D eigenvalue weighted by Crippen LogP contribution is -2.30. The Hall–Kier alpha value is -4.03. The fraction of sp³-hybridized carbons (Fsp3) is 0.286. The molecular weight excluding hydrogens is 458 g/mol. The van der Waals surface area contributed by atoms with Crippen LogP contribution >= 0.6 is 0 Å². The summed E-state index contributed by atoms with van der Waals surface area (Å²) in [4.78, 5) is 35.2. The molecule has 1 N–H and O–H groups in total. The molecule has 1 aliphatic rings. The number of amides is 1. The van der Waals surface area contributed by atoms with Gasteiger partial charge in [0.15, 0.2) is 11.5 Å². The van der Waals surface area contributed by atoms with Crippen molar-refractivity contribution >= 4 is 34.2 Å². The summed E-state index contributed by atoms with van der Waals surface area (Å²) >= 11 is 0. The Kier molecular flexibility index (Phi) is 5.18. The summed E-state index contributed by atoms with van der Waals surface area (Å²) in [6, 6.07) is 5.68. The SMILES string of the molecule is O=C(Cn1c(=O)c2ccc(C(F)(F)F)nc2n2nc(N3CCCC3)cc12)Nc1ccc(F)cn1. The molecule has 0 unspecified atom stereocenters. The number of aromatic nitrogens is 5. The molecule has 0 radical (unpaired) electrons. The van der Waals surface area contributed by atoms with Crippen molar-refractivity contribution in [2.45, 2.75) is 25.6 Å². The number of nitrogens with zero attached hydrogens (tertiary/aromatic N) is 6. The van der Waals surface area contributed by atoms with Gasteiger partial charge in [0.1, 0.15) is 29.5 Å². The van der Waals surface area contributed by atoms with E-state index in [1.54, 1.807) is 6.07 Å². The lowest BCUT2D eigenvalue weighted by atomic mass is 10.2. The molecule has 13 heteroatoms. The Morgan fingerprint density at radius 3 is 2.56 bits per heavy atom. The van der Waals surface area contributed by atoms with Crippen molar-refractivity contribution in [2.24, 2.45) is 0 Å². The first kappa shape index (κ1) is 21.8. The summed E-state index contributed by atoms with van der Waals surface area (Å²) < 4.78 is 55.2. The third-order valence-electron chi connectivity index (χ3n) is 5.52. The van der Waals surface area contributed by atoms with Crippen molar-refractivity contribution in [1.29, 1.82) is 0 Å². The number of fused-ring (bicyclic) bond motifs is 3. The first-order valence-electron chi connectivity index (χ1n) is 10.4. The summed E-state index contributed by atoms with van der Waals surface area (Å²) in [6.07, 6.45) is -1.91. The van der Waals surface area contributed by atoms with Crippen LogP contribution in [0, 0.1) is 5.82 Å². The van der Waals surface area contributed by atoms with Gasteiger partial charge in [0.2, 0.25) is 5.91 Å². The standard InChI is InChI=1S/C21H17F4N7O2/c22-12-3-6-15(26-10-12)28-17(33)11-31-18-9-16(30-7-1-2-8-30)29-32(18)19-13(20(31)34)4-5-14(27-19)21(23,24)25/h3-6,9-10H,1-2,7-8,11H2,(H,26,28,33). The highest BCUT2D eigenvalue weighted by molar-refractivity contribution is 5.90. The van der Waals surface area contributed by atoms with Crippen molar-refractivity contribution < 1.29 is 22.4 Å². The highest BCUT2D eigenvalue weighted by Crippen LogP contribution is 2.29. The quantitative estimate of drug-likeness (QED) is 0.456. The number of anilines is 2. The van der Waals surface area contributed by atoms with E-state index in [1.807, 2.05) is 4.90 Å². The Morgan fingerprint density at radius 1 is 1.12 bits per heavy atom. The number of halogens is 4. The molecule has 176 valence electrons. The zero-order valence-electron chi connectivity index (χ0n) is 17.5. The van der Waals surface area contributed by atoms with Gasteiger partial charge in [-0.1, -0.05) is 0 Å². The second-order valence-corrected chi connectivity index (χ2v) is 7.83. The number of pyridine rings is 2. The van der Waals surface area contributed by atoms with E-state index in [2.05, 4.69) is 20.4 Å². The molecule has 0 saturated carbocycles. The monoisotopic (exact) mass is 475 g/mol. The number of alkyl halides is 3. The molecule has 0 atom stereocenters. The lowest BCUT2D eigenvalue weighted by molar-refractivity contribution is -0.141. The number of hydrogen-bond acceptors (Lipinski definition) is 6. The van der Waals surface area contributed by atoms with Crippen LogP contribution in [0.15, 0.2) is 41.3 Å². The van der Waals surface area contributed by atoms with Crippen molar-refractivity contribution in [1.82, 2.24) is 24.1 Å². The van der Waals surface area contributed by atoms with Crippen molar-refractivity contribution in [3.8, 4) is 0 Å². The average molecular weight is 475 g/mol. The molecule has 1 fully saturated rings. The molecule has 1 saturated heterocycles. The van der Waals surface area contributed by atoms with Crippen molar-refractivity contribution in [3.05, 3.63) is 58.4 Å². The molecule has 5 rings (SSSR count). The predicted molar refractivity (Wildman–Crippen MR) is 114 cm³/mol. The van der Waals surface area contributed by atoms with Crippen molar-refractivity contribution in [3.63, 3.8) is 0 Å². The van der Waals surface area contributed by atoms with E-state index in [1.165, 1.54) is 6.07 Å². The highest BCUT2D eigenvalue weighted by Gasteiger charge is 2.33. The van der Waals surface area contributed by atoms with Gasteiger partial charge in [0, 0.05) is 19.2 Å². The number of hydrogen-bond donors (Lipinski definition) is 1. The Bertz CT molecular complexity index is 1450. The second kappa shape index (κ2) is 8.08. The minimum Gasteiger partial charge on any atom is -0.355 e. The summed E-state index contributed by atoms with van der Waals surface area (Å²) in [5.41, 5.74) is -1.99. The number of rotatable bonds is 4. The maximum Gasteiger partial charge on any atom is 0.433 e. The van der Waals surface area contributed by atoms with Crippen LogP contribution < -0.4 is 15.8 Å². The molecule has 0 aliphatic carbocycles. The molecule has 4 aromatic heterocycles. The van der Waals surface area contributed by atoms with Crippen LogP contribution in [0.4, 0.5) is 29.2 Å². The molecule has 0 aromatic carbocycles. The molecule has 0 bridgehead atoms. The summed E-state index contributed by atoms with van der Waals surface area (Å²) in [5, 5.41) is 6.76. The van der Waals surface area contributed by atoms with E-state index < -0.39 is 35.7 Å². The van der Waals surface area contributed by atoms with Crippen LogP contribution in [0.3, 0.4) is 0 Å². The van der Waals surface area contributed by atoms with Gasteiger partial charge in [-0.05, 0) is 37.1 Å². The molecule has 4 aromatic rings. The maximum absolute atomic E-state index is 13.3. The smallest absolute Gasteiger partial charge is 0.355 e. The van der Waals surface area contributed by atoms with Gasteiger partial charge < -0.3 is 10.2 Å². The Morgan fingerprint density at radius 2 is 1.88 bits per heavy atom. The van der Waals surface area contributed by atoms with Gasteiger partial charge in [0.25, 0.3) is 5.56 Å². The normalized spacial score (nSPS) is 14.3. The molecule has 0 spiro atoms. The first-order chi connectivity index (χ1) is 16.2. The van der Waals surface area contributed by atoms with Crippen LogP contribution in [0.5, 0.6) is 0 Å². The largest absolute Gasteiger partial charge is 0.433 e. The number of carbonyl (C=O) groups is 1. The highest BCUT2D eigenvalue weighted by atomic mass is 19.4. The van der Waals surface area contributed by atoms with Gasteiger partial charge >= 0.3 is 6.18 Å². The van der Waals surface area contributed by atoms with E-state index in [9.17, 15) is 27.2 Å². The maximum atomic E-state index is 13.3. The number of nitrogens with one attached hydrogen (secondary N) is 1.